The Bertz CT molecular complexity index is 980. The largest absolute Gasteiger partial charge is 0.498 e. The van der Waals surface area contributed by atoms with Gasteiger partial charge in [0, 0.05) is 6.42 Å². The van der Waals surface area contributed by atoms with Gasteiger partial charge in [0.15, 0.2) is 6.10 Å². The molecule has 0 fully saturated rings. The van der Waals surface area contributed by atoms with E-state index in [0.29, 0.717) is 17.4 Å². The van der Waals surface area contributed by atoms with E-state index in [-0.39, 0.29) is 32.2 Å². The third-order valence-corrected chi connectivity index (χ3v) is 10.4. The van der Waals surface area contributed by atoms with Crippen molar-refractivity contribution in [3.63, 3.8) is 0 Å². The van der Waals surface area contributed by atoms with Crippen LogP contribution in [0, 0.1) is 0 Å². The van der Waals surface area contributed by atoms with Crippen LogP contribution in [0.4, 0.5) is 0 Å². The quantitative estimate of drug-likeness (QED) is 0.0158. The molecule has 0 aliphatic rings. The van der Waals surface area contributed by atoms with Gasteiger partial charge in [0.25, 0.3) is 0 Å². The van der Waals surface area contributed by atoms with Crippen molar-refractivity contribution in [1.82, 2.24) is 0 Å². The van der Waals surface area contributed by atoms with Gasteiger partial charge < -0.3 is 24.0 Å². The molecule has 0 saturated heterocycles. The van der Waals surface area contributed by atoms with Crippen LogP contribution in [-0.2, 0) is 27.9 Å². The highest BCUT2D eigenvalue weighted by molar-refractivity contribution is 7.47. The van der Waals surface area contributed by atoms with Crippen LogP contribution in [0.15, 0.2) is 36.6 Å². The second-order valence-electron chi connectivity index (χ2n) is 16.0. The smallest absolute Gasteiger partial charge is 0.472 e. The van der Waals surface area contributed by atoms with Gasteiger partial charge in [-0.15, -0.1) is 0 Å². The SMILES string of the molecule is CCCCC/C=C\C=C\C(O)CCCCCCCC(=O)OC(CO/C=C\CCCCCCCCCCCCCCCC)COP(=O)(O)OCC[N+](C)(C)C. The number of aliphatic hydroxyl groups is 1. The third-order valence-electron chi connectivity index (χ3n) is 9.37. The molecule has 0 rings (SSSR count). The second kappa shape index (κ2) is 37.1. The minimum Gasteiger partial charge on any atom is -0.498 e. The number of carbonyl (C=O) groups excluding carboxylic acids is 1. The number of hydrogen-bond acceptors (Lipinski definition) is 7. The number of rotatable bonds is 40. The van der Waals surface area contributed by atoms with E-state index >= 15 is 0 Å². The zero-order valence-corrected chi connectivity index (χ0v) is 36.5. The number of aliphatic hydroxyl groups excluding tert-OH is 1. The van der Waals surface area contributed by atoms with E-state index in [4.69, 9.17) is 18.5 Å². The summed E-state index contributed by atoms with van der Waals surface area (Å²) in [5.41, 5.74) is 0. The average Bonchev–Trinajstić information content (AvgIpc) is 3.11. The Morgan fingerprint density at radius 1 is 0.667 bits per heavy atom. The molecule has 0 amide bonds. The Balaban J connectivity index is 4.37. The molecule has 318 valence electrons. The molecular formula is C44H85NO8P+. The highest BCUT2D eigenvalue weighted by Crippen LogP contribution is 2.43. The van der Waals surface area contributed by atoms with E-state index in [2.05, 4.69) is 19.9 Å². The van der Waals surface area contributed by atoms with Crippen LogP contribution in [0.3, 0.4) is 0 Å². The number of nitrogens with zero attached hydrogens (tertiary/aromatic N) is 1. The molecule has 0 spiro atoms. The number of ether oxygens (including phenoxy) is 2. The topological polar surface area (TPSA) is 112 Å². The minimum atomic E-state index is -4.31. The first kappa shape index (κ1) is 52.5. The van der Waals surface area contributed by atoms with Gasteiger partial charge in [0.2, 0.25) is 0 Å². The fourth-order valence-electron chi connectivity index (χ4n) is 5.89. The Morgan fingerprint density at radius 2 is 1.19 bits per heavy atom. The van der Waals surface area contributed by atoms with Crippen LogP contribution < -0.4 is 0 Å². The number of carbonyl (C=O) groups is 1. The summed E-state index contributed by atoms with van der Waals surface area (Å²) < 4.78 is 34.7. The van der Waals surface area contributed by atoms with Crippen LogP contribution in [0.25, 0.3) is 0 Å². The van der Waals surface area contributed by atoms with E-state index in [1.807, 2.05) is 45.4 Å². The van der Waals surface area contributed by atoms with Crippen molar-refractivity contribution in [2.45, 2.75) is 193 Å². The van der Waals surface area contributed by atoms with E-state index in [9.17, 15) is 19.4 Å². The molecule has 9 nitrogen and oxygen atoms in total. The zero-order valence-electron chi connectivity index (χ0n) is 35.6. The van der Waals surface area contributed by atoms with Gasteiger partial charge in [-0.05, 0) is 44.6 Å². The Hall–Kier alpha value is -1.48. The molecule has 0 aromatic heterocycles. The Morgan fingerprint density at radius 3 is 1.80 bits per heavy atom. The Labute approximate surface area is 332 Å². The highest BCUT2D eigenvalue weighted by Gasteiger charge is 2.26. The van der Waals surface area contributed by atoms with E-state index in [1.165, 1.54) is 103 Å². The van der Waals surface area contributed by atoms with Gasteiger partial charge in [-0.2, -0.15) is 0 Å². The number of hydrogen-bond donors (Lipinski definition) is 2. The number of likely N-dealkylation sites (N-methyl/N-ethyl adjacent to an activating group) is 1. The van der Waals surface area contributed by atoms with Crippen LogP contribution in [-0.4, -0.2) is 80.2 Å². The van der Waals surface area contributed by atoms with Gasteiger partial charge >= 0.3 is 13.8 Å². The molecule has 10 heteroatoms. The first-order valence-electron chi connectivity index (χ1n) is 21.9. The molecule has 54 heavy (non-hydrogen) atoms. The summed E-state index contributed by atoms with van der Waals surface area (Å²) >= 11 is 0. The summed E-state index contributed by atoms with van der Waals surface area (Å²) in [6.07, 6.45) is 40.0. The lowest BCUT2D eigenvalue weighted by Crippen LogP contribution is -2.37. The predicted octanol–water partition coefficient (Wildman–Crippen LogP) is 11.9. The lowest BCUT2D eigenvalue weighted by Gasteiger charge is -2.24. The van der Waals surface area contributed by atoms with E-state index in [0.717, 1.165) is 51.4 Å². The first-order chi connectivity index (χ1) is 26.0. The normalized spacial score (nSPS) is 14.6. The highest BCUT2D eigenvalue weighted by atomic mass is 31.2. The van der Waals surface area contributed by atoms with Crippen molar-refractivity contribution >= 4 is 13.8 Å². The molecule has 0 saturated carbocycles. The number of phosphoric ester groups is 1. The predicted molar refractivity (Wildman–Crippen MR) is 225 cm³/mol. The molecule has 0 bridgehead atoms. The van der Waals surface area contributed by atoms with Gasteiger partial charge in [0.05, 0.1) is 40.1 Å². The average molecular weight is 787 g/mol. The van der Waals surface area contributed by atoms with Crippen LogP contribution in [0.5, 0.6) is 0 Å². The molecule has 2 N–H and O–H groups in total. The fraction of sp³-hybridized carbons (Fsp3) is 0.841. The van der Waals surface area contributed by atoms with Gasteiger partial charge in [0.1, 0.15) is 19.8 Å². The minimum absolute atomic E-state index is 0.0191. The number of allylic oxidation sites excluding steroid dienone is 4. The maximum absolute atomic E-state index is 12.7. The molecule has 0 heterocycles. The maximum Gasteiger partial charge on any atom is 0.472 e. The Kier molecular flexibility index (Phi) is 36.1. The zero-order chi connectivity index (χ0) is 40.0. The standard InChI is InChI=1S/C44H84NO8P/c1-6-8-10-12-14-15-16-17-18-19-20-21-22-24-29-33-38-50-40-43(41-52-54(48,49)51-39-37-45(3,4)5)53-44(47)36-32-28-25-27-31-35-42(46)34-30-26-23-13-11-9-7-2/h23,26,30,33-34,38,42-43,46H,6-22,24-25,27-29,31-32,35-37,39-41H2,1-5H3/p+1/b26-23-,34-30+,38-33-. The van der Waals surface area contributed by atoms with Crippen molar-refractivity contribution in [3.05, 3.63) is 36.6 Å². The van der Waals surface area contributed by atoms with Gasteiger partial charge in [-0.3, -0.25) is 13.8 Å². The van der Waals surface area contributed by atoms with Crippen LogP contribution in [0.1, 0.15) is 181 Å². The lowest BCUT2D eigenvalue weighted by atomic mass is 10.0. The number of esters is 1. The van der Waals surface area contributed by atoms with Crippen molar-refractivity contribution in [2.24, 2.45) is 0 Å². The van der Waals surface area contributed by atoms with Gasteiger partial charge in [-0.1, -0.05) is 160 Å². The van der Waals surface area contributed by atoms with Crippen molar-refractivity contribution in [2.75, 3.05) is 47.5 Å². The number of quaternary nitrogens is 1. The molecule has 3 atom stereocenters. The maximum atomic E-state index is 12.7. The molecule has 3 unspecified atom stereocenters. The number of unbranched alkanes of at least 4 members (excludes halogenated alkanes) is 21. The lowest BCUT2D eigenvalue weighted by molar-refractivity contribution is -0.870. The molecule has 0 aliphatic heterocycles. The summed E-state index contributed by atoms with van der Waals surface area (Å²) in [7, 11) is 1.58. The van der Waals surface area contributed by atoms with Crippen LogP contribution >= 0.6 is 7.82 Å². The summed E-state index contributed by atoms with van der Waals surface area (Å²) in [5.74, 6) is -0.388. The fourth-order valence-corrected chi connectivity index (χ4v) is 6.63. The van der Waals surface area contributed by atoms with Gasteiger partial charge in [-0.25, -0.2) is 4.57 Å². The van der Waals surface area contributed by atoms with Crippen LogP contribution in [0.2, 0.25) is 0 Å². The molecular weight excluding hydrogens is 701 g/mol. The summed E-state index contributed by atoms with van der Waals surface area (Å²) in [4.78, 5) is 22.8. The van der Waals surface area contributed by atoms with E-state index < -0.39 is 20.0 Å². The molecule has 0 radical (unpaired) electrons. The molecule has 0 aromatic rings. The molecule has 0 aromatic carbocycles. The summed E-state index contributed by atoms with van der Waals surface area (Å²) in [6, 6.07) is 0. The van der Waals surface area contributed by atoms with Crippen molar-refractivity contribution in [3.8, 4) is 0 Å². The summed E-state index contributed by atoms with van der Waals surface area (Å²) in [6.45, 7) is 4.78. The monoisotopic (exact) mass is 787 g/mol. The van der Waals surface area contributed by atoms with Crippen molar-refractivity contribution < 1.29 is 42.4 Å². The number of phosphoric acid groups is 1. The molecule has 0 aliphatic carbocycles. The second-order valence-corrected chi connectivity index (χ2v) is 17.4. The third kappa shape index (κ3) is 40.2. The van der Waals surface area contributed by atoms with Crippen molar-refractivity contribution in [1.29, 1.82) is 0 Å². The van der Waals surface area contributed by atoms with E-state index in [1.54, 1.807) is 6.26 Å². The first-order valence-corrected chi connectivity index (χ1v) is 23.4. The summed E-state index contributed by atoms with van der Waals surface area (Å²) in [5, 5.41) is 10.2.